The Morgan fingerprint density at radius 2 is 0.731 bits per heavy atom. The lowest BCUT2D eigenvalue weighted by Gasteiger charge is -2.39. The highest BCUT2D eigenvalue weighted by Gasteiger charge is 2.25. The Bertz CT molecular complexity index is 258. The minimum Gasteiger partial charge on any atom is -0.418 e. The fraction of sp³-hybridized carbons (Fsp3) is 1.00. The molecule has 0 aromatic carbocycles. The van der Waals surface area contributed by atoms with Crippen LogP contribution < -0.4 is 0 Å². The average molecular weight is 385 g/mol. The molecule has 26 heavy (non-hydrogen) atoms. The van der Waals surface area contributed by atoms with E-state index >= 15 is 0 Å². The Morgan fingerprint density at radius 1 is 0.462 bits per heavy atom. The molecular formula is C20H44BF4N. The quantitative estimate of drug-likeness (QED) is 0.110. The average Bonchev–Trinajstić information content (AvgIpc) is 2.57. The van der Waals surface area contributed by atoms with Crippen LogP contribution in [-0.2, 0) is 0 Å². The molecule has 6 heteroatoms. The van der Waals surface area contributed by atoms with E-state index in [1.54, 1.807) is 0 Å². The number of hydrogen-bond donors (Lipinski definition) is 0. The smallest absolute Gasteiger partial charge is 0.418 e. The van der Waals surface area contributed by atoms with Crippen molar-refractivity contribution in [2.45, 2.75) is 105 Å². The molecule has 0 rings (SSSR count). The van der Waals surface area contributed by atoms with Gasteiger partial charge >= 0.3 is 7.25 Å². The number of nitrogens with zero attached hydrogens (tertiary/aromatic N) is 1. The van der Waals surface area contributed by atoms with E-state index in [4.69, 9.17) is 0 Å². The number of hydrogen-bond acceptors (Lipinski definition) is 0. The Kier molecular flexibility index (Phi) is 19.5. The van der Waals surface area contributed by atoms with Gasteiger partial charge in [-0.15, -0.1) is 0 Å². The van der Waals surface area contributed by atoms with Gasteiger partial charge in [0.15, 0.2) is 0 Å². The molecule has 0 aromatic heterocycles. The van der Waals surface area contributed by atoms with Gasteiger partial charge in [-0.25, -0.2) is 0 Å². The standard InChI is InChI=1S/C20H44N.BF4/c1-5-9-13-14-15-16-20-21(17-10-6-2,18-11-7-3)19-12-8-4;2-1(3,4)5/h5-20H2,1-4H3;/q+1;-1. The highest BCUT2D eigenvalue weighted by Crippen LogP contribution is 2.17. The van der Waals surface area contributed by atoms with Crippen LogP contribution in [0.4, 0.5) is 17.3 Å². The number of quaternary nitrogens is 1. The summed E-state index contributed by atoms with van der Waals surface area (Å²) in [5.41, 5.74) is 0. The molecule has 0 unspecified atom stereocenters. The Hall–Kier alpha value is -0.255. The molecule has 0 aromatic rings. The second kappa shape index (κ2) is 18.1. The van der Waals surface area contributed by atoms with Crippen LogP contribution in [0.5, 0.6) is 0 Å². The molecule has 0 fully saturated rings. The van der Waals surface area contributed by atoms with Crippen LogP contribution in [0, 0.1) is 0 Å². The molecule has 0 N–H and O–H groups in total. The summed E-state index contributed by atoms with van der Waals surface area (Å²) in [6, 6.07) is 0. The van der Waals surface area contributed by atoms with Crippen LogP contribution >= 0.6 is 0 Å². The van der Waals surface area contributed by atoms with E-state index in [2.05, 4.69) is 27.7 Å². The summed E-state index contributed by atoms with van der Waals surface area (Å²) in [6.07, 6.45) is 17.0. The van der Waals surface area contributed by atoms with Gasteiger partial charge in [-0.1, -0.05) is 72.6 Å². The van der Waals surface area contributed by atoms with Crippen molar-refractivity contribution in [3.8, 4) is 0 Å². The first-order valence-corrected chi connectivity index (χ1v) is 11.0. The van der Waals surface area contributed by atoms with E-state index in [-0.39, 0.29) is 0 Å². The Balaban J connectivity index is 0. The van der Waals surface area contributed by atoms with Gasteiger partial charge in [0, 0.05) is 0 Å². The minimum absolute atomic E-state index is 1.36. The van der Waals surface area contributed by atoms with Crippen LogP contribution in [0.1, 0.15) is 105 Å². The third-order valence-corrected chi connectivity index (χ3v) is 4.94. The summed E-state index contributed by atoms with van der Waals surface area (Å²) < 4.78 is 40.4. The lowest BCUT2D eigenvalue weighted by molar-refractivity contribution is -0.929. The lowest BCUT2D eigenvalue weighted by Crippen LogP contribution is -2.50. The number of halogens is 4. The van der Waals surface area contributed by atoms with E-state index < -0.39 is 7.25 Å². The summed E-state index contributed by atoms with van der Waals surface area (Å²) in [4.78, 5) is 0. The monoisotopic (exact) mass is 385 g/mol. The summed E-state index contributed by atoms with van der Waals surface area (Å²) in [7, 11) is -6.00. The molecule has 0 spiro atoms. The normalized spacial score (nSPS) is 12.0. The predicted molar refractivity (Wildman–Crippen MR) is 108 cm³/mol. The van der Waals surface area contributed by atoms with Crippen molar-refractivity contribution in [3.05, 3.63) is 0 Å². The van der Waals surface area contributed by atoms with E-state index in [1.165, 1.54) is 108 Å². The van der Waals surface area contributed by atoms with Crippen molar-refractivity contribution < 1.29 is 21.7 Å². The van der Waals surface area contributed by atoms with Crippen LogP contribution in [-0.4, -0.2) is 37.9 Å². The lowest BCUT2D eigenvalue weighted by atomic mass is 10.1. The molecule has 0 heterocycles. The molecule has 1 nitrogen and oxygen atoms in total. The van der Waals surface area contributed by atoms with Gasteiger partial charge in [-0.2, -0.15) is 0 Å². The summed E-state index contributed by atoms with van der Waals surface area (Å²) in [5.74, 6) is 0. The Morgan fingerprint density at radius 3 is 1.08 bits per heavy atom. The largest absolute Gasteiger partial charge is 0.673 e. The molecule has 0 atom stereocenters. The van der Waals surface area contributed by atoms with Crippen LogP contribution in [0.15, 0.2) is 0 Å². The SMILES string of the molecule is CCCCCCCC[N+](CCCC)(CCCC)CCCC.F[B-](F)(F)F. The van der Waals surface area contributed by atoms with Crippen molar-refractivity contribution in [1.29, 1.82) is 0 Å². The van der Waals surface area contributed by atoms with Gasteiger partial charge in [0.2, 0.25) is 0 Å². The van der Waals surface area contributed by atoms with Gasteiger partial charge in [-0.05, 0) is 32.1 Å². The minimum atomic E-state index is -6.00. The Labute approximate surface area is 160 Å². The van der Waals surface area contributed by atoms with Crippen molar-refractivity contribution in [3.63, 3.8) is 0 Å². The first-order valence-electron chi connectivity index (χ1n) is 11.0. The van der Waals surface area contributed by atoms with E-state index in [1.807, 2.05) is 0 Å². The molecule has 0 aliphatic carbocycles. The molecule has 0 aliphatic rings. The molecule has 0 bridgehead atoms. The number of unbranched alkanes of at least 4 members (excludes halogenated alkanes) is 8. The first kappa shape index (κ1) is 28.0. The molecule has 0 saturated carbocycles. The molecule has 0 radical (unpaired) electrons. The summed E-state index contributed by atoms with van der Waals surface area (Å²) in [6.45, 7) is 15.1. The molecule has 160 valence electrons. The van der Waals surface area contributed by atoms with Crippen molar-refractivity contribution in [1.82, 2.24) is 0 Å². The van der Waals surface area contributed by atoms with Gasteiger partial charge in [0.25, 0.3) is 0 Å². The van der Waals surface area contributed by atoms with Crippen molar-refractivity contribution in [2.24, 2.45) is 0 Å². The van der Waals surface area contributed by atoms with Gasteiger partial charge in [0.05, 0.1) is 26.2 Å². The van der Waals surface area contributed by atoms with E-state index in [0.29, 0.717) is 0 Å². The molecule has 0 amide bonds. The number of rotatable bonds is 16. The van der Waals surface area contributed by atoms with Gasteiger partial charge in [-0.3, -0.25) is 0 Å². The third-order valence-electron chi connectivity index (χ3n) is 4.94. The maximum atomic E-state index is 9.75. The van der Waals surface area contributed by atoms with Crippen LogP contribution in [0.25, 0.3) is 0 Å². The van der Waals surface area contributed by atoms with Crippen molar-refractivity contribution >= 4 is 7.25 Å². The topological polar surface area (TPSA) is 0 Å². The van der Waals surface area contributed by atoms with Gasteiger partial charge in [0.1, 0.15) is 0 Å². The summed E-state index contributed by atoms with van der Waals surface area (Å²) >= 11 is 0. The maximum absolute atomic E-state index is 9.75. The maximum Gasteiger partial charge on any atom is 0.673 e. The van der Waals surface area contributed by atoms with Crippen LogP contribution in [0.2, 0.25) is 0 Å². The molecular weight excluding hydrogens is 341 g/mol. The fourth-order valence-corrected chi connectivity index (χ4v) is 3.38. The highest BCUT2D eigenvalue weighted by atomic mass is 19.5. The first-order chi connectivity index (χ1) is 12.2. The van der Waals surface area contributed by atoms with Gasteiger partial charge < -0.3 is 21.7 Å². The molecule has 0 aliphatic heterocycles. The van der Waals surface area contributed by atoms with Crippen molar-refractivity contribution in [2.75, 3.05) is 26.2 Å². The zero-order valence-electron chi connectivity index (χ0n) is 17.9. The predicted octanol–water partition coefficient (Wildman–Crippen LogP) is 7.86. The van der Waals surface area contributed by atoms with E-state index in [0.717, 1.165) is 0 Å². The zero-order chi connectivity index (χ0) is 20.3. The van der Waals surface area contributed by atoms with Crippen LogP contribution in [0.3, 0.4) is 0 Å². The third kappa shape index (κ3) is 21.8. The zero-order valence-corrected chi connectivity index (χ0v) is 17.9. The fourth-order valence-electron chi connectivity index (χ4n) is 3.38. The second-order valence-corrected chi connectivity index (χ2v) is 7.56. The second-order valence-electron chi connectivity index (χ2n) is 7.56. The summed E-state index contributed by atoms with van der Waals surface area (Å²) in [5, 5.41) is 0. The van der Waals surface area contributed by atoms with E-state index in [9.17, 15) is 17.3 Å². The molecule has 0 saturated heterocycles. The highest BCUT2D eigenvalue weighted by molar-refractivity contribution is 6.50.